The first-order valence-electron chi connectivity index (χ1n) is 8.90. The van der Waals surface area contributed by atoms with Crippen LogP contribution in [0.25, 0.3) is 11.0 Å². The summed E-state index contributed by atoms with van der Waals surface area (Å²) in [5.41, 5.74) is 3.63. The van der Waals surface area contributed by atoms with E-state index in [4.69, 9.17) is 39.5 Å². The number of imidazole rings is 1. The third-order valence-corrected chi connectivity index (χ3v) is 5.66. The lowest BCUT2D eigenvalue weighted by molar-refractivity contribution is 0.429. The Morgan fingerprint density at radius 3 is 2.44 bits per heavy atom. The molecular weight excluding hydrogens is 405 g/mol. The lowest BCUT2D eigenvalue weighted by Crippen LogP contribution is -2.02. The van der Waals surface area contributed by atoms with E-state index in [-0.39, 0.29) is 0 Å². The molecule has 27 heavy (non-hydrogen) atoms. The molecule has 7 heteroatoms. The number of benzene rings is 2. The number of nitrogens with zero attached hydrogens (tertiary/aromatic N) is 2. The van der Waals surface area contributed by atoms with Crippen LogP contribution in [-0.2, 0) is 7.05 Å². The Kier molecular flexibility index (Phi) is 6.09. The van der Waals surface area contributed by atoms with Gasteiger partial charge in [-0.2, -0.15) is 4.98 Å². The van der Waals surface area contributed by atoms with Crippen LogP contribution in [0.15, 0.2) is 24.3 Å². The van der Waals surface area contributed by atoms with Crippen LogP contribution in [0, 0.1) is 0 Å². The smallest absolute Gasteiger partial charge is 0.302 e. The number of fused-ring (bicyclic) bond motifs is 1. The lowest BCUT2D eigenvalue weighted by atomic mass is 9.93. The molecule has 1 heterocycles. The molecule has 0 unspecified atom stereocenters. The molecule has 0 aliphatic carbocycles. The van der Waals surface area contributed by atoms with Crippen molar-refractivity contribution in [2.24, 2.45) is 7.05 Å². The fraction of sp³-hybridized carbons (Fsp3) is 0.350. The molecule has 0 spiro atoms. The molecular formula is C20H22Cl3N3O. The van der Waals surface area contributed by atoms with Crippen molar-refractivity contribution in [2.45, 2.75) is 32.6 Å². The zero-order valence-corrected chi connectivity index (χ0v) is 18.0. The Morgan fingerprint density at radius 2 is 1.81 bits per heavy atom. The SMILES string of the molecule is CCC(CC)c1ccc(Cl)c2nc(Oc3c(Cl)cc(Cl)cc3NC)n(C)c12. The van der Waals surface area contributed by atoms with Gasteiger partial charge in [0.1, 0.15) is 5.52 Å². The molecule has 0 radical (unpaired) electrons. The van der Waals surface area contributed by atoms with Crippen molar-refractivity contribution in [3.8, 4) is 11.8 Å². The van der Waals surface area contributed by atoms with Gasteiger partial charge in [0.25, 0.3) is 0 Å². The highest BCUT2D eigenvalue weighted by molar-refractivity contribution is 6.36. The Hall–Kier alpha value is -1.62. The molecule has 3 rings (SSSR count). The number of aryl methyl sites for hydroxylation is 1. The van der Waals surface area contributed by atoms with Gasteiger partial charge in [-0.25, -0.2) is 0 Å². The molecule has 1 aromatic heterocycles. The number of nitrogens with one attached hydrogen (secondary N) is 1. The number of hydrogen-bond acceptors (Lipinski definition) is 3. The summed E-state index contributed by atoms with van der Waals surface area (Å²) in [6, 6.07) is 7.81. The topological polar surface area (TPSA) is 39.1 Å². The zero-order chi connectivity index (χ0) is 19.7. The first-order chi connectivity index (χ1) is 12.9. The first-order valence-corrected chi connectivity index (χ1v) is 10.0. The van der Waals surface area contributed by atoms with Gasteiger partial charge >= 0.3 is 6.01 Å². The molecule has 0 fully saturated rings. The molecule has 144 valence electrons. The van der Waals surface area contributed by atoms with E-state index in [1.54, 1.807) is 19.2 Å². The van der Waals surface area contributed by atoms with E-state index in [0.717, 1.165) is 23.9 Å². The van der Waals surface area contributed by atoms with Crippen LogP contribution in [0.2, 0.25) is 15.1 Å². The second kappa shape index (κ2) is 8.17. The average molecular weight is 427 g/mol. The maximum absolute atomic E-state index is 6.43. The van der Waals surface area contributed by atoms with Gasteiger partial charge in [-0.3, -0.25) is 4.57 Å². The normalized spacial score (nSPS) is 11.4. The monoisotopic (exact) mass is 425 g/mol. The Bertz CT molecular complexity index is 980. The summed E-state index contributed by atoms with van der Waals surface area (Å²) < 4.78 is 8.03. The molecule has 0 atom stereocenters. The van der Waals surface area contributed by atoms with Crippen LogP contribution < -0.4 is 10.1 Å². The maximum Gasteiger partial charge on any atom is 0.302 e. The summed E-state index contributed by atoms with van der Waals surface area (Å²) in [5, 5.41) is 4.59. The van der Waals surface area contributed by atoms with Crippen LogP contribution in [0.4, 0.5) is 5.69 Å². The predicted molar refractivity (Wildman–Crippen MR) is 115 cm³/mol. The molecule has 0 aliphatic rings. The van der Waals surface area contributed by atoms with Gasteiger partial charge in [0.15, 0.2) is 5.75 Å². The minimum Gasteiger partial charge on any atom is -0.422 e. The minimum absolute atomic E-state index is 0.408. The van der Waals surface area contributed by atoms with Gasteiger partial charge in [0, 0.05) is 19.1 Å². The van der Waals surface area contributed by atoms with E-state index in [1.807, 2.05) is 17.7 Å². The molecule has 0 saturated carbocycles. The highest BCUT2D eigenvalue weighted by atomic mass is 35.5. The predicted octanol–water partition coefficient (Wildman–Crippen LogP) is 7.27. The highest BCUT2D eigenvalue weighted by Gasteiger charge is 2.21. The minimum atomic E-state index is 0.408. The Balaban J connectivity index is 2.16. The van der Waals surface area contributed by atoms with Gasteiger partial charge in [-0.1, -0.05) is 54.7 Å². The Labute approximate surface area is 174 Å². The lowest BCUT2D eigenvalue weighted by Gasteiger charge is -2.16. The van der Waals surface area contributed by atoms with Crippen LogP contribution >= 0.6 is 34.8 Å². The number of rotatable bonds is 6. The second-order valence-electron chi connectivity index (χ2n) is 6.42. The number of anilines is 1. The van der Waals surface area contributed by atoms with E-state index >= 15 is 0 Å². The van der Waals surface area contributed by atoms with Crippen molar-refractivity contribution < 1.29 is 4.74 Å². The fourth-order valence-corrected chi connectivity index (χ4v) is 4.11. The highest BCUT2D eigenvalue weighted by Crippen LogP contribution is 2.41. The molecule has 4 nitrogen and oxygen atoms in total. The van der Waals surface area contributed by atoms with Crippen molar-refractivity contribution in [2.75, 3.05) is 12.4 Å². The molecule has 0 aliphatic heterocycles. The summed E-state index contributed by atoms with van der Waals surface area (Å²) >= 11 is 18.9. The number of aromatic nitrogens is 2. The van der Waals surface area contributed by atoms with Gasteiger partial charge in [0.2, 0.25) is 0 Å². The van der Waals surface area contributed by atoms with Gasteiger partial charge in [-0.15, -0.1) is 0 Å². The van der Waals surface area contributed by atoms with Crippen molar-refractivity contribution in [1.82, 2.24) is 9.55 Å². The fourth-order valence-electron chi connectivity index (χ4n) is 3.39. The third kappa shape index (κ3) is 3.71. The molecule has 0 saturated heterocycles. The average Bonchev–Trinajstić information content (AvgIpc) is 2.97. The van der Waals surface area contributed by atoms with Crippen LogP contribution in [0.1, 0.15) is 38.2 Å². The van der Waals surface area contributed by atoms with Crippen molar-refractivity contribution in [3.05, 3.63) is 44.9 Å². The Morgan fingerprint density at radius 1 is 1.11 bits per heavy atom. The number of ether oxygens (including phenoxy) is 1. The largest absolute Gasteiger partial charge is 0.422 e. The standard InChI is InChI=1S/C20H22Cl3N3O/c1-5-11(6-2)13-7-8-14(22)17-18(13)26(4)20(25-17)27-19-15(23)9-12(21)10-16(19)24-3/h7-11,24H,5-6H2,1-4H3. The molecule has 2 aromatic carbocycles. The molecule has 3 aromatic rings. The second-order valence-corrected chi connectivity index (χ2v) is 7.67. The molecule has 1 N–H and O–H groups in total. The van der Waals surface area contributed by atoms with E-state index in [0.29, 0.717) is 38.4 Å². The summed E-state index contributed by atoms with van der Waals surface area (Å²) in [5.74, 6) is 0.905. The number of halogens is 3. The van der Waals surface area contributed by atoms with Crippen LogP contribution in [-0.4, -0.2) is 16.6 Å². The van der Waals surface area contributed by atoms with E-state index < -0.39 is 0 Å². The first kappa shape index (κ1) is 20.1. The summed E-state index contributed by atoms with van der Waals surface area (Å²) in [6.07, 6.45) is 2.09. The van der Waals surface area contributed by atoms with Crippen molar-refractivity contribution >= 4 is 51.5 Å². The van der Waals surface area contributed by atoms with Gasteiger partial charge < -0.3 is 10.1 Å². The number of hydrogen-bond donors (Lipinski definition) is 1. The third-order valence-electron chi connectivity index (χ3n) is 4.86. The van der Waals surface area contributed by atoms with E-state index in [1.165, 1.54) is 5.56 Å². The van der Waals surface area contributed by atoms with E-state index in [2.05, 4.69) is 30.2 Å². The summed E-state index contributed by atoms with van der Waals surface area (Å²) in [7, 11) is 3.71. The van der Waals surface area contributed by atoms with Gasteiger partial charge in [-0.05, 0) is 42.5 Å². The van der Waals surface area contributed by atoms with Gasteiger partial charge in [0.05, 0.1) is 21.2 Å². The van der Waals surface area contributed by atoms with Crippen molar-refractivity contribution in [1.29, 1.82) is 0 Å². The zero-order valence-electron chi connectivity index (χ0n) is 15.7. The molecule has 0 bridgehead atoms. The maximum atomic E-state index is 6.43. The van der Waals surface area contributed by atoms with Crippen LogP contribution in [0.3, 0.4) is 0 Å². The van der Waals surface area contributed by atoms with E-state index in [9.17, 15) is 0 Å². The quantitative estimate of drug-likeness (QED) is 0.450. The van der Waals surface area contributed by atoms with Crippen molar-refractivity contribution in [3.63, 3.8) is 0 Å². The molecule has 0 amide bonds. The summed E-state index contributed by atoms with van der Waals surface area (Å²) in [6.45, 7) is 4.38. The summed E-state index contributed by atoms with van der Waals surface area (Å²) in [4.78, 5) is 4.65. The van der Waals surface area contributed by atoms with Crippen LogP contribution in [0.5, 0.6) is 11.8 Å².